The Kier molecular flexibility index (Phi) is 5.75. The van der Waals surface area contributed by atoms with Crippen LogP contribution in [0.15, 0.2) is 48.5 Å². The van der Waals surface area contributed by atoms with Crippen molar-refractivity contribution in [1.82, 2.24) is 0 Å². The van der Waals surface area contributed by atoms with Crippen molar-refractivity contribution in [2.45, 2.75) is 33.6 Å². The monoisotopic (exact) mass is 455 g/mol. The van der Waals surface area contributed by atoms with Gasteiger partial charge < -0.3 is 10.2 Å². The molecule has 0 atom stereocenters. The highest BCUT2D eigenvalue weighted by atomic mass is 32.2. The first-order chi connectivity index (χ1) is 15.1. The van der Waals surface area contributed by atoms with Crippen LogP contribution in [-0.4, -0.2) is 39.1 Å². The van der Waals surface area contributed by atoms with Crippen LogP contribution in [-0.2, 0) is 14.8 Å². The number of carbonyl (C=O) groups is 2. The topological polar surface area (TPSA) is 86.8 Å². The Morgan fingerprint density at radius 1 is 1.03 bits per heavy atom. The highest BCUT2D eigenvalue weighted by Crippen LogP contribution is 2.36. The van der Waals surface area contributed by atoms with Crippen molar-refractivity contribution >= 4 is 38.9 Å². The quantitative estimate of drug-likeness (QED) is 0.756. The summed E-state index contributed by atoms with van der Waals surface area (Å²) in [5, 5.41) is 2.85. The van der Waals surface area contributed by atoms with Gasteiger partial charge >= 0.3 is 0 Å². The normalized spacial score (nSPS) is 20.4. The van der Waals surface area contributed by atoms with Gasteiger partial charge in [0.25, 0.3) is 5.91 Å². The van der Waals surface area contributed by atoms with E-state index in [-0.39, 0.29) is 22.9 Å². The summed E-state index contributed by atoms with van der Waals surface area (Å²) in [5.41, 5.74) is 1.26. The van der Waals surface area contributed by atoms with Crippen LogP contribution in [0.1, 0.15) is 44.0 Å². The number of piperidine rings is 1. The third kappa shape index (κ3) is 4.37. The van der Waals surface area contributed by atoms with E-state index in [0.717, 1.165) is 29.0 Å². The zero-order chi connectivity index (χ0) is 23.1. The van der Waals surface area contributed by atoms with E-state index < -0.39 is 21.3 Å². The number of nitrogens with one attached hydrogen (secondary N) is 1. The maximum absolute atomic E-state index is 12.8. The Morgan fingerprint density at radius 3 is 2.28 bits per heavy atom. The van der Waals surface area contributed by atoms with Crippen molar-refractivity contribution in [2.24, 2.45) is 11.3 Å². The molecule has 2 fully saturated rings. The van der Waals surface area contributed by atoms with Gasteiger partial charge in [-0.1, -0.05) is 13.0 Å². The minimum atomic E-state index is -3.77. The first kappa shape index (κ1) is 22.3. The van der Waals surface area contributed by atoms with E-state index in [0.29, 0.717) is 5.69 Å². The molecule has 0 aromatic heterocycles. The predicted molar refractivity (Wildman–Crippen MR) is 127 cm³/mol. The molecule has 0 saturated carbocycles. The number of benzene rings is 2. The lowest BCUT2D eigenvalue weighted by atomic mass is 9.95. The molecule has 0 radical (unpaired) electrons. The molecule has 2 aromatic carbocycles. The summed E-state index contributed by atoms with van der Waals surface area (Å²) in [5.74, 6) is -0.345. The zero-order valence-corrected chi connectivity index (χ0v) is 19.5. The lowest BCUT2D eigenvalue weighted by Crippen LogP contribution is -2.33. The molecule has 2 saturated heterocycles. The third-order valence-corrected chi connectivity index (χ3v) is 8.22. The molecule has 8 heteroatoms. The van der Waals surface area contributed by atoms with E-state index in [1.165, 1.54) is 25.0 Å². The van der Waals surface area contributed by atoms with Crippen LogP contribution in [0.3, 0.4) is 0 Å². The van der Waals surface area contributed by atoms with Crippen LogP contribution in [0.4, 0.5) is 17.1 Å². The molecular formula is C24H29N3O4S. The van der Waals surface area contributed by atoms with Crippen LogP contribution < -0.4 is 14.5 Å². The number of hydrogen-bond acceptors (Lipinski definition) is 5. The van der Waals surface area contributed by atoms with Gasteiger partial charge in [-0.15, -0.1) is 0 Å². The summed E-state index contributed by atoms with van der Waals surface area (Å²) in [6.07, 6.45) is 2.36. The van der Waals surface area contributed by atoms with Crippen molar-refractivity contribution in [3.8, 4) is 0 Å². The highest BCUT2D eigenvalue weighted by molar-refractivity contribution is 7.94. The van der Waals surface area contributed by atoms with Crippen LogP contribution in [0, 0.1) is 11.3 Å². The summed E-state index contributed by atoms with van der Waals surface area (Å²) in [6.45, 7) is 7.57. The Labute approximate surface area is 189 Å². The van der Waals surface area contributed by atoms with Gasteiger partial charge in [0.2, 0.25) is 15.9 Å². The molecule has 7 nitrogen and oxygen atoms in total. The van der Waals surface area contributed by atoms with Gasteiger partial charge in [-0.2, -0.15) is 0 Å². The molecule has 0 spiro atoms. The molecule has 32 heavy (non-hydrogen) atoms. The predicted octanol–water partition coefficient (Wildman–Crippen LogP) is 3.88. The molecule has 2 amide bonds. The smallest absolute Gasteiger partial charge is 0.255 e. The minimum Gasteiger partial charge on any atom is -0.372 e. The first-order valence-corrected chi connectivity index (χ1v) is 12.5. The van der Waals surface area contributed by atoms with E-state index in [1.54, 1.807) is 26.0 Å². The summed E-state index contributed by atoms with van der Waals surface area (Å²) >= 11 is 0. The van der Waals surface area contributed by atoms with Gasteiger partial charge in [0.05, 0.1) is 16.9 Å². The van der Waals surface area contributed by atoms with Crippen molar-refractivity contribution in [3.05, 3.63) is 54.1 Å². The Hall–Kier alpha value is -2.87. The van der Waals surface area contributed by atoms with Crippen molar-refractivity contribution < 1.29 is 18.0 Å². The SMILES string of the molecule is CC1CCN(c2ccc(NC(=O)c3cccc(N4C(=O)C(C)(C)CS4(=O)=O)c3)cc2)CC1. The highest BCUT2D eigenvalue weighted by Gasteiger charge is 2.49. The average molecular weight is 456 g/mol. The molecule has 2 aliphatic rings. The van der Waals surface area contributed by atoms with E-state index >= 15 is 0 Å². The van der Waals surface area contributed by atoms with Gasteiger partial charge in [0.1, 0.15) is 0 Å². The first-order valence-electron chi connectivity index (χ1n) is 10.9. The molecule has 2 aromatic rings. The van der Waals surface area contributed by atoms with Crippen LogP contribution in [0.5, 0.6) is 0 Å². The summed E-state index contributed by atoms with van der Waals surface area (Å²) in [6, 6.07) is 13.9. The summed E-state index contributed by atoms with van der Waals surface area (Å²) in [7, 11) is -3.77. The number of carbonyl (C=O) groups excluding carboxylic acids is 2. The molecular weight excluding hydrogens is 426 g/mol. The van der Waals surface area contributed by atoms with Gasteiger partial charge in [-0.05, 0) is 75.1 Å². The molecule has 2 heterocycles. The van der Waals surface area contributed by atoms with Gasteiger partial charge in [-0.25, -0.2) is 12.7 Å². The Bertz CT molecular complexity index is 1130. The van der Waals surface area contributed by atoms with Crippen molar-refractivity contribution in [3.63, 3.8) is 0 Å². The lowest BCUT2D eigenvalue weighted by molar-refractivity contribution is -0.123. The van der Waals surface area contributed by atoms with Crippen LogP contribution in [0.2, 0.25) is 0 Å². The van der Waals surface area contributed by atoms with Crippen LogP contribution in [0.25, 0.3) is 0 Å². The second-order valence-electron chi connectivity index (χ2n) is 9.43. The van der Waals surface area contributed by atoms with Gasteiger partial charge in [0.15, 0.2) is 0 Å². The van der Waals surface area contributed by atoms with Gasteiger partial charge in [0, 0.05) is 30.0 Å². The number of amides is 2. The number of nitrogens with zero attached hydrogens (tertiary/aromatic N) is 2. The molecule has 0 bridgehead atoms. The third-order valence-electron chi connectivity index (χ3n) is 6.20. The maximum atomic E-state index is 12.8. The number of anilines is 3. The van der Waals surface area contributed by atoms with E-state index in [9.17, 15) is 18.0 Å². The van der Waals surface area contributed by atoms with E-state index in [2.05, 4.69) is 17.1 Å². The molecule has 2 aliphatic heterocycles. The van der Waals surface area contributed by atoms with Crippen LogP contribution >= 0.6 is 0 Å². The molecule has 1 N–H and O–H groups in total. The lowest BCUT2D eigenvalue weighted by Gasteiger charge is -2.32. The minimum absolute atomic E-state index is 0.183. The fourth-order valence-corrected chi connectivity index (χ4v) is 6.36. The van der Waals surface area contributed by atoms with Gasteiger partial charge in [-0.3, -0.25) is 9.59 Å². The standard InChI is InChI=1S/C24H29N3O4S/c1-17-11-13-26(14-12-17)20-9-7-19(8-10-20)25-22(28)18-5-4-6-21(15-18)27-23(29)24(2,3)16-32(27,30)31/h4-10,15,17H,11-14,16H2,1-3H3,(H,25,28). The van der Waals surface area contributed by atoms with E-state index in [4.69, 9.17) is 0 Å². The summed E-state index contributed by atoms with van der Waals surface area (Å²) < 4.78 is 25.9. The van der Waals surface area contributed by atoms with E-state index in [1.807, 2.05) is 24.3 Å². The largest absolute Gasteiger partial charge is 0.372 e. The maximum Gasteiger partial charge on any atom is 0.255 e. The summed E-state index contributed by atoms with van der Waals surface area (Å²) in [4.78, 5) is 27.8. The fourth-order valence-electron chi connectivity index (χ4n) is 4.26. The van der Waals surface area contributed by atoms with Crippen molar-refractivity contribution in [1.29, 1.82) is 0 Å². The number of rotatable bonds is 4. The number of hydrogen-bond donors (Lipinski definition) is 1. The Balaban J connectivity index is 1.48. The fraction of sp³-hybridized carbons (Fsp3) is 0.417. The number of sulfonamides is 1. The Morgan fingerprint density at radius 2 is 1.69 bits per heavy atom. The second-order valence-corrected chi connectivity index (χ2v) is 11.2. The molecule has 0 unspecified atom stereocenters. The molecule has 0 aliphatic carbocycles. The average Bonchev–Trinajstić information content (AvgIpc) is 2.91. The molecule has 170 valence electrons. The second kappa shape index (κ2) is 8.24. The zero-order valence-electron chi connectivity index (χ0n) is 18.7. The molecule has 4 rings (SSSR count). The van der Waals surface area contributed by atoms with Crippen molar-refractivity contribution in [2.75, 3.05) is 33.4 Å².